The van der Waals surface area contributed by atoms with Gasteiger partial charge in [-0.1, -0.05) is 25.7 Å². The van der Waals surface area contributed by atoms with E-state index in [1.54, 1.807) is 89.9 Å². The lowest BCUT2D eigenvalue weighted by molar-refractivity contribution is -0.228. The lowest BCUT2D eigenvalue weighted by Crippen LogP contribution is -2.66. The molecule has 9 fully saturated rings. The van der Waals surface area contributed by atoms with Gasteiger partial charge in [0, 0.05) is 13.1 Å². The van der Waals surface area contributed by atoms with Gasteiger partial charge in [-0.15, -0.1) is 0 Å². The van der Waals surface area contributed by atoms with Crippen LogP contribution in [0.1, 0.15) is 89.9 Å². The van der Waals surface area contributed by atoms with E-state index in [1.807, 2.05) is 0 Å². The third-order valence-electron chi connectivity index (χ3n) is 15.7. The summed E-state index contributed by atoms with van der Waals surface area (Å²) in [5.41, 5.74) is 0. The Kier molecular flexibility index (Phi) is 5.02. The van der Waals surface area contributed by atoms with Crippen molar-refractivity contribution in [2.24, 2.45) is 94.7 Å². The summed E-state index contributed by atoms with van der Waals surface area (Å²) < 4.78 is 0. The zero-order valence-electron chi connectivity index (χ0n) is 22.7. The van der Waals surface area contributed by atoms with Gasteiger partial charge in [-0.25, -0.2) is 0 Å². The van der Waals surface area contributed by atoms with Crippen LogP contribution in [0, 0.1) is 94.7 Å². The van der Waals surface area contributed by atoms with Crippen molar-refractivity contribution in [1.82, 2.24) is 4.90 Å². The Morgan fingerprint density at radius 3 is 1.26 bits per heavy atom. The van der Waals surface area contributed by atoms with Gasteiger partial charge in [-0.05, 0) is 165 Å². The summed E-state index contributed by atoms with van der Waals surface area (Å²) in [6, 6.07) is 0. The van der Waals surface area contributed by atoms with Crippen molar-refractivity contribution in [3.05, 3.63) is 0 Å². The Morgan fingerprint density at radius 2 is 0.800 bits per heavy atom. The Labute approximate surface area is 216 Å². The first-order valence-corrected chi connectivity index (χ1v) is 17.0. The summed E-state index contributed by atoms with van der Waals surface area (Å²) in [5, 5.41) is 0. The van der Waals surface area contributed by atoms with E-state index in [4.69, 9.17) is 0 Å². The number of hydrogen-bond donors (Lipinski definition) is 0. The number of hydrogen-bond acceptors (Lipinski definition) is 1. The fraction of sp³-hybridized carbons (Fsp3) is 1.00. The van der Waals surface area contributed by atoms with Crippen molar-refractivity contribution in [1.29, 1.82) is 0 Å². The molecule has 9 rings (SSSR count). The van der Waals surface area contributed by atoms with Crippen LogP contribution in [0.3, 0.4) is 0 Å². The fourth-order valence-electron chi connectivity index (χ4n) is 15.4. The van der Waals surface area contributed by atoms with E-state index < -0.39 is 0 Å². The molecule has 0 aromatic carbocycles. The monoisotopic (exact) mass is 473 g/mol. The van der Waals surface area contributed by atoms with Crippen molar-refractivity contribution in [3.63, 3.8) is 0 Å². The first-order chi connectivity index (χ1) is 17.3. The topological polar surface area (TPSA) is 3.24 Å². The highest BCUT2D eigenvalue weighted by Gasteiger charge is 2.66. The molecule has 9 aliphatic rings. The van der Waals surface area contributed by atoms with Gasteiger partial charge in [0.25, 0.3) is 0 Å². The van der Waals surface area contributed by atoms with Crippen molar-refractivity contribution in [2.45, 2.75) is 89.9 Å². The predicted molar refractivity (Wildman–Crippen MR) is 145 cm³/mol. The molecule has 1 aliphatic heterocycles. The van der Waals surface area contributed by atoms with Crippen molar-refractivity contribution >= 4 is 7.85 Å². The summed E-state index contributed by atoms with van der Waals surface area (Å²) >= 11 is 0. The molecule has 192 valence electrons. The van der Waals surface area contributed by atoms with E-state index in [9.17, 15) is 0 Å². The SMILES string of the molecule is BCN1CC2CCC3C4CCC5C6CCCC7CCCC(C8CCC(C9CCC(C1)C2C39)C4C58)C76. The summed E-state index contributed by atoms with van der Waals surface area (Å²) in [6.07, 6.45) is 24.2. The number of fused-ring (bicyclic) bond motifs is 4. The summed E-state index contributed by atoms with van der Waals surface area (Å²) in [5.74, 6) is 18.5. The van der Waals surface area contributed by atoms with Gasteiger partial charge in [-0.3, -0.25) is 0 Å². The molecule has 0 amide bonds. The van der Waals surface area contributed by atoms with E-state index in [2.05, 4.69) is 12.7 Å². The molecule has 0 radical (unpaired) electrons. The molecular formula is C33H52BN. The second-order valence-electron chi connectivity index (χ2n) is 16.0. The van der Waals surface area contributed by atoms with Crippen LogP contribution in [0.4, 0.5) is 0 Å². The maximum atomic E-state index is 2.86. The molecule has 1 heterocycles. The largest absolute Gasteiger partial charge is 0.311 e. The van der Waals surface area contributed by atoms with Crippen molar-refractivity contribution < 1.29 is 0 Å². The minimum Gasteiger partial charge on any atom is -0.311 e. The van der Waals surface area contributed by atoms with Crippen molar-refractivity contribution in [3.8, 4) is 0 Å². The quantitative estimate of drug-likeness (QED) is 0.403. The number of piperidine rings is 1. The summed E-state index contributed by atoms with van der Waals surface area (Å²) in [7, 11) is 2.43. The molecule has 2 heteroatoms. The van der Waals surface area contributed by atoms with Crippen LogP contribution in [0.25, 0.3) is 0 Å². The zero-order chi connectivity index (χ0) is 22.8. The van der Waals surface area contributed by atoms with Gasteiger partial charge in [-0.2, -0.15) is 0 Å². The van der Waals surface area contributed by atoms with Gasteiger partial charge in [0.1, 0.15) is 7.85 Å². The molecule has 10 unspecified atom stereocenters. The third kappa shape index (κ3) is 2.88. The van der Waals surface area contributed by atoms with Gasteiger partial charge in [0.2, 0.25) is 0 Å². The Bertz CT molecular complexity index is 781. The Morgan fingerprint density at radius 1 is 0.400 bits per heavy atom. The second-order valence-corrected chi connectivity index (χ2v) is 16.0. The van der Waals surface area contributed by atoms with Gasteiger partial charge < -0.3 is 4.90 Å². The molecule has 0 aromatic rings. The normalized spacial score (nSPS) is 62.3. The summed E-state index contributed by atoms with van der Waals surface area (Å²) in [4.78, 5) is 2.86. The van der Waals surface area contributed by atoms with Crippen LogP contribution in [0.5, 0.6) is 0 Å². The average molecular weight is 474 g/mol. The van der Waals surface area contributed by atoms with Gasteiger partial charge in [0.05, 0.1) is 0 Å². The predicted octanol–water partition coefficient (Wildman–Crippen LogP) is 6.32. The molecule has 8 saturated carbocycles. The van der Waals surface area contributed by atoms with E-state index in [0.29, 0.717) is 0 Å². The van der Waals surface area contributed by atoms with Crippen LogP contribution in [-0.4, -0.2) is 32.3 Å². The molecule has 1 nitrogen and oxygen atoms in total. The molecule has 0 bridgehead atoms. The van der Waals surface area contributed by atoms with Crippen molar-refractivity contribution in [2.75, 3.05) is 19.5 Å². The van der Waals surface area contributed by atoms with E-state index in [1.165, 1.54) is 61.0 Å². The highest BCUT2D eigenvalue weighted by atomic mass is 15.1. The lowest BCUT2D eigenvalue weighted by Gasteiger charge is -2.71. The minimum atomic E-state index is 1.07. The molecule has 10 atom stereocenters. The third-order valence-corrected chi connectivity index (χ3v) is 15.7. The minimum absolute atomic E-state index is 1.07. The average Bonchev–Trinajstić information content (AvgIpc) is 2.92. The number of rotatable bonds is 1. The molecule has 1 saturated heterocycles. The van der Waals surface area contributed by atoms with E-state index in [-0.39, 0.29) is 0 Å². The maximum Gasteiger partial charge on any atom is 0.119 e. The zero-order valence-corrected chi connectivity index (χ0v) is 22.7. The highest BCUT2D eigenvalue weighted by Crippen LogP contribution is 2.72. The van der Waals surface area contributed by atoms with Gasteiger partial charge in [0.15, 0.2) is 0 Å². The first kappa shape index (κ1) is 21.9. The summed E-state index contributed by atoms with van der Waals surface area (Å²) in [6.45, 7) is 2.93. The van der Waals surface area contributed by atoms with Gasteiger partial charge >= 0.3 is 0 Å². The van der Waals surface area contributed by atoms with Crippen LogP contribution in [-0.2, 0) is 0 Å². The van der Waals surface area contributed by atoms with E-state index in [0.717, 1.165) is 53.3 Å². The number of likely N-dealkylation sites (tertiary alicyclic amines) is 1. The smallest absolute Gasteiger partial charge is 0.119 e. The maximum absolute atomic E-state index is 2.86. The molecular weight excluding hydrogens is 421 g/mol. The molecule has 8 aliphatic carbocycles. The fourth-order valence-corrected chi connectivity index (χ4v) is 15.4. The first-order valence-electron chi connectivity index (χ1n) is 17.0. The van der Waals surface area contributed by atoms with Crippen LogP contribution >= 0.6 is 0 Å². The molecule has 0 N–H and O–H groups in total. The Hall–Kier alpha value is 0.0249. The Balaban J connectivity index is 1.08. The molecule has 0 aromatic heterocycles. The van der Waals surface area contributed by atoms with Crippen LogP contribution < -0.4 is 0 Å². The van der Waals surface area contributed by atoms with E-state index >= 15 is 0 Å². The number of nitrogens with zero attached hydrogens (tertiary/aromatic N) is 1. The van der Waals surface area contributed by atoms with Crippen LogP contribution in [0.15, 0.2) is 0 Å². The molecule has 0 spiro atoms. The second kappa shape index (κ2) is 8.02. The van der Waals surface area contributed by atoms with Crippen LogP contribution in [0.2, 0.25) is 0 Å². The standard InChI is InChI=1S/C33H52BN/c34-17-35-15-19-7-9-23-27-13-11-25-21-5-1-3-18-4-2-6-22(30(18)21)26-12-14-28(33(27)32(25)26)24-10-8-20(16-35)29(19)31(23)24/h18-33H,1-17,34H2. The highest BCUT2D eigenvalue weighted by molar-refractivity contribution is 6.08. The lowest BCUT2D eigenvalue weighted by atomic mass is 9.34. The molecule has 35 heavy (non-hydrogen) atoms.